The summed E-state index contributed by atoms with van der Waals surface area (Å²) in [6.07, 6.45) is 2.12. The Kier molecular flexibility index (Phi) is 3.52. The van der Waals surface area contributed by atoms with Gasteiger partial charge in [-0.1, -0.05) is 0 Å². The molecule has 0 spiro atoms. The van der Waals surface area contributed by atoms with Gasteiger partial charge in [0.2, 0.25) is 0 Å². The highest BCUT2D eigenvalue weighted by atomic mass is 16.5. The van der Waals surface area contributed by atoms with E-state index in [1.54, 1.807) is 7.11 Å². The van der Waals surface area contributed by atoms with Crippen molar-refractivity contribution in [2.45, 2.75) is 12.8 Å². The van der Waals surface area contributed by atoms with E-state index < -0.39 is 0 Å². The van der Waals surface area contributed by atoms with Crippen molar-refractivity contribution < 1.29 is 14.3 Å². The van der Waals surface area contributed by atoms with Crippen LogP contribution in [-0.2, 0) is 14.3 Å². The highest BCUT2D eigenvalue weighted by Crippen LogP contribution is 2.29. The fourth-order valence-electron chi connectivity index (χ4n) is 0.838. The first kappa shape index (κ1) is 8.68. The largest absolute Gasteiger partial charge is 0.382 e. The van der Waals surface area contributed by atoms with Gasteiger partial charge in [0.15, 0.2) is 5.78 Å². The summed E-state index contributed by atoms with van der Waals surface area (Å²) >= 11 is 0. The van der Waals surface area contributed by atoms with E-state index in [9.17, 15) is 4.79 Å². The number of carbonyl (C=O) groups excluding carboxylic acids is 1. The number of hydrogen-bond acceptors (Lipinski definition) is 3. The lowest BCUT2D eigenvalue weighted by atomic mass is 10.3. The van der Waals surface area contributed by atoms with Crippen LogP contribution in [0.25, 0.3) is 0 Å². The molecule has 0 amide bonds. The van der Waals surface area contributed by atoms with Crippen molar-refractivity contribution in [3.05, 3.63) is 0 Å². The van der Waals surface area contributed by atoms with Gasteiger partial charge in [0.05, 0.1) is 13.2 Å². The summed E-state index contributed by atoms with van der Waals surface area (Å²) in [4.78, 5) is 11.0. The smallest absolute Gasteiger partial charge is 0.161 e. The second-order valence-electron chi connectivity index (χ2n) is 2.79. The van der Waals surface area contributed by atoms with Gasteiger partial charge >= 0.3 is 0 Å². The lowest BCUT2D eigenvalue weighted by Gasteiger charge is -2.00. The highest BCUT2D eigenvalue weighted by molar-refractivity contribution is 5.84. The van der Waals surface area contributed by atoms with E-state index in [4.69, 9.17) is 9.47 Å². The molecule has 1 aliphatic rings. The zero-order valence-corrected chi connectivity index (χ0v) is 6.84. The average Bonchev–Trinajstić information content (AvgIpc) is 2.79. The first-order valence-corrected chi connectivity index (χ1v) is 3.94. The summed E-state index contributed by atoms with van der Waals surface area (Å²) in [6.45, 7) is 1.36. The number of ether oxygens (including phenoxy) is 2. The Labute approximate surface area is 66.7 Å². The monoisotopic (exact) mass is 158 g/mol. The van der Waals surface area contributed by atoms with Gasteiger partial charge in [-0.15, -0.1) is 0 Å². The minimum Gasteiger partial charge on any atom is -0.382 e. The van der Waals surface area contributed by atoms with Gasteiger partial charge in [0.25, 0.3) is 0 Å². The van der Waals surface area contributed by atoms with Gasteiger partial charge < -0.3 is 9.47 Å². The van der Waals surface area contributed by atoms with E-state index in [0.29, 0.717) is 19.1 Å². The molecule has 3 heteroatoms. The molecule has 0 aromatic heterocycles. The molecule has 0 aromatic carbocycles. The molecule has 3 nitrogen and oxygen atoms in total. The fourth-order valence-corrected chi connectivity index (χ4v) is 0.838. The van der Waals surface area contributed by atoms with Crippen LogP contribution < -0.4 is 0 Å². The molecular weight excluding hydrogens is 144 g/mol. The maximum atomic E-state index is 11.0. The third-order valence-corrected chi connectivity index (χ3v) is 1.71. The summed E-state index contributed by atoms with van der Waals surface area (Å²) in [7, 11) is 1.62. The van der Waals surface area contributed by atoms with E-state index in [1.807, 2.05) is 0 Å². The topological polar surface area (TPSA) is 35.5 Å². The number of hydrogen-bond donors (Lipinski definition) is 0. The molecule has 1 aliphatic carbocycles. The van der Waals surface area contributed by atoms with Crippen LogP contribution in [0.15, 0.2) is 0 Å². The fraction of sp³-hybridized carbons (Fsp3) is 0.875. The zero-order valence-electron chi connectivity index (χ0n) is 6.84. The van der Waals surface area contributed by atoms with Crippen molar-refractivity contribution in [1.82, 2.24) is 0 Å². The minimum absolute atomic E-state index is 0.251. The predicted octanol–water partition coefficient (Wildman–Crippen LogP) is 0.628. The molecule has 1 saturated carbocycles. The summed E-state index contributed by atoms with van der Waals surface area (Å²) in [5, 5.41) is 0. The van der Waals surface area contributed by atoms with Crippen molar-refractivity contribution in [3.8, 4) is 0 Å². The molecular formula is C8H14O3. The van der Waals surface area contributed by atoms with Gasteiger partial charge in [-0.2, -0.15) is 0 Å². The summed E-state index contributed by atoms with van der Waals surface area (Å²) in [5.41, 5.74) is 0. The molecule has 0 radical (unpaired) electrons. The van der Waals surface area contributed by atoms with E-state index in [1.165, 1.54) is 0 Å². The van der Waals surface area contributed by atoms with Crippen molar-refractivity contribution in [1.29, 1.82) is 0 Å². The number of Topliss-reactive ketones (excluding diaryl/α,β-unsaturated/α-hetero) is 1. The molecule has 0 heterocycles. The van der Waals surface area contributed by atoms with Crippen LogP contribution in [0.2, 0.25) is 0 Å². The summed E-state index contributed by atoms with van der Waals surface area (Å²) < 4.78 is 9.83. The van der Waals surface area contributed by atoms with Crippen molar-refractivity contribution in [2.24, 2.45) is 5.92 Å². The van der Waals surface area contributed by atoms with Crippen molar-refractivity contribution in [2.75, 3.05) is 26.9 Å². The molecule has 0 N–H and O–H groups in total. The first-order chi connectivity index (χ1) is 5.34. The van der Waals surface area contributed by atoms with Crippen LogP contribution in [0.3, 0.4) is 0 Å². The normalized spacial score (nSPS) is 16.8. The van der Waals surface area contributed by atoms with Gasteiger partial charge in [-0.05, 0) is 12.8 Å². The second kappa shape index (κ2) is 4.46. The predicted molar refractivity (Wildman–Crippen MR) is 40.4 cm³/mol. The Balaban J connectivity index is 1.89. The lowest BCUT2D eigenvalue weighted by Crippen LogP contribution is -2.12. The molecule has 0 bridgehead atoms. The maximum Gasteiger partial charge on any atom is 0.161 e. The van der Waals surface area contributed by atoms with Crippen LogP contribution in [-0.4, -0.2) is 32.7 Å². The van der Waals surface area contributed by atoms with Crippen LogP contribution in [0.4, 0.5) is 0 Å². The summed E-state index contributed by atoms with van der Waals surface area (Å²) in [6, 6.07) is 0. The standard InChI is InChI=1S/C8H14O3/c1-10-4-5-11-6-8(9)7-2-3-7/h7H,2-6H2,1H3. The Morgan fingerprint density at radius 2 is 2.18 bits per heavy atom. The molecule has 1 fully saturated rings. The van der Waals surface area contributed by atoms with E-state index in [-0.39, 0.29) is 12.4 Å². The second-order valence-corrected chi connectivity index (χ2v) is 2.79. The highest BCUT2D eigenvalue weighted by Gasteiger charge is 2.28. The molecule has 0 unspecified atom stereocenters. The van der Waals surface area contributed by atoms with E-state index in [0.717, 1.165) is 12.8 Å². The Morgan fingerprint density at radius 1 is 1.45 bits per heavy atom. The van der Waals surface area contributed by atoms with Gasteiger partial charge in [0.1, 0.15) is 6.61 Å². The molecule has 0 saturated heterocycles. The molecule has 1 rings (SSSR count). The average molecular weight is 158 g/mol. The first-order valence-electron chi connectivity index (χ1n) is 3.94. The number of methoxy groups -OCH3 is 1. The third-order valence-electron chi connectivity index (χ3n) is 1.71. The third kappa shape index (κ3) is 3.49. The van der Waals surface area contributed by atoms with Gasteiger partial charge in [0, 0.05) is 13.0 Å². The SMILES string of the molecule is COCCOCC(=O)C1CC1. The lowest BCUT2D eigenvalue weighted by molar-refractivity contribution is -0.125. The number of rotatable bonds is 6. The van der Waals surface area contributed by atoms with Crippen LogP contribution in [0.1, 0.15) is 12.8 Å². The maximum absolute atomic E-state index is 11.0. The minimum atomic E-state index is 0.251. The molecule has 64 valence electrons. The quantitative estimate of drug-likeness (QED) is 0.532. The Hall–Kier alpha value is -0.410. The molecule has 0 aromatic rings. The van der Waals surface area contributed by atoms with Gasteiger partial charge in [-0.25, -0.2) is 0 Å². The van der Waals surface area contributed by atoms with Crippen molar-refractivity contribution in [3.63, 3.8) is 0 Å². The Bertz CT molecular complexity index is 129. The van der Waals surface area contributed by atoms with Crippen LogP contribution in [0.5, 0.6) is 0 Å². The van der Waals surface area contributed by atoms with Gasteiger partial charge in [-0.3, -0.25) is 4.79 Å². The molecule has 11 heavy (non-hydrogen) atoms. The summed E-state index contributed by atoms with van der Waals surface area (Å²) in [5.74, 6) is 0.568. The van der Waals surface area contributed by atoms with Crippen molar-refractivity contribution >= 4 is 5.78 Å². The molecule has 0 atom stereocenters. The number of carbonyl (C=O) groups is 1. The zero-order chi connectivity index (χ0) is 8.10. The van der Waals surface area contributed by atoms with E-state index >= 15 is 0 Å². The van der Waals surface area contributed by atoms with Crippen LogP contribution >= 0.6 is 0 Å². The van der Waals surface area contributed by atoms with E-state index in [2.05, 4.69) is 0 Å². The Morgan fingerprint density at radius 3 is 2.73 bits per heavy atom. The van der Waals surface area contributed by atoms with Crippen LogP contribution in [0, 0.1) is 5.92 Å². The number of ketones is 1. The molecule has 0 aliphatic heterocycles.